The van der Waals surface area contributed by atoms with Crippen molar-refractivity contribution in [3.63, 3.8) is 0 Å². The van der Waals surface area contributed by atoms with Gasteiger partial charge in [-0.2, -0.15) is 0 Å². The summed E-state index contributed by atoms with van der Waals surface area (Å²) < 4.78 is 6.84. The minimum absolute atomic E-state index is 0. The average molecular weight is 841 g/mol. The number of rotatable bonds is 9. The number of furan rings is 1. The molecule has 0 spiro atoms. The fraction of sp³-hybridized carbons (Fsp3) is 0.289. The molecule has 1 aliphatic carbocycles. The number of fused-ring (bicyclic) bond motifs is 2. The van der Waals surface area contributed by atoms with E-state index in [-0.39, 0.29) is 48.9 Å². The molecule has 6 aromatic rings. The Morgan fingerprint density at radius 1 is 0.760 bits per heavy atom. The van der Waals surface area contributed by atoms with Gasteiger partial charge in [-0.15, -0.1) is 35.4 Å². The van der Waals surface area contributed by atoms with Crippen LogP contribution in [0.25, 0.3) is 55.4 Å². The number of carbonyl (C=O) groups is 1. The quantitative estimate of drug-likeness (QED) is 0.0895. The van der Waals surface area contributed by atoms with Crippen LogP contribution in [0.3, 0.4) is 0 Å². The third-order valence-corrected chi connectivity index (χ3v) is 10.3. The maximum atomic E-state index is 11.7. The molecule has 0 bridgehead atoms. The number of benzene rings is 4. The molecule has 0 fully saturated rings. The molecule has 1 aliphatic rings. The first-order chi connectivity index (χ1) is 23.7. The number of ketones is 1. The summed E-state index contributed by atoms with van der Waals surface area (Å²) in [5, 5.41) is 12.0. The van der Waals surface area contributed by atoms with Crippen LogP contribution in [0.15, 0.2) is 113 Å². The molecule has 0 atom stereocenters. The van der Waals surface area contributed by atoms with Gasteiger partial charge in [-0.25, -0.2) is 0 Å². The van der Waals surface area contributed by atoms with Gasteiger partial charge in [0, 0.05) is 71.8 Å². The third kappa shape index (κ3) is 6.74. The molecule has 7 rings (SSSR count). The number of aliphatic hydroxyl groups excluding tert-OH is 1. The number of carbonyl (C=O) groups excluding carboxylic acids is 1. The maximum absolute atomic E-state index is 11.7. The van der Waals surface area contributed by atoms with Crippen LogP contribution >= 0.6 is 0 Å². The predicted octanol–water partition coefficient (Wildman–Crippen LogP) is 12.3. The molecule has 259 valence electrons. The Morgan fingerprint density at radius 3 is 1.94 bits per heavy atom. The predicted molar refractivity (Wildman–Crippen MR) is 203 cm³/mol. The van der Waals surface area contributed by atoms with Gasteiger partial charge in [-0.3, -0.25) is 4.79 Å². The monoisotopic (exact) mass is 841 g/mol. The van der Waals surface area contributed by atoms with E-state index in [1.165, 1.54) is 17.2 Å². The van der Waals surface area contributed by atoms with E-state index < -0.39 is 0 Å². The summed E-state index contributed by atoms with van der Waals surface area (Å²) in [6.45, 7) is 12.7. The van der Waals surface area contributed by atoms with Crippen molar-refractivity contribution in [2.75, 3.05) is 0 Å². The van der Waals surface area contributed by atoms with Crippen LogP contribution in [0.2, 0.25) is 0 Å². The van der Waals surface area contributed by atoms with Crippen LogP contribution in [0, 0.1) is 17.9 Å². The van der Waals surface area contributed by atoms with E-state index in [1.807, 2.05) is 52.1 Å². The summed E-state index contributed by atoms with van der Waals surface area (Å²) in [6.07, 6.45) is 6.86. The van der Waals surface area contributed by atoms with Crippen molar-refractivity contribution in [2.45, 2.75) is 72.6 Å². The molecule has 0 saturated carbocycles. The normalized spacial score (nSPS) is 13.2. The minimum atomic E-state index is -0.231. The summed E-state index contributed by atoms with van der Waals surface area (Å²) in [5.74, 6) is 0.547. The first-order valence-electron chi connectivity index (χ1n) is 17.7. The summed E-state index contributed by atoms with van der Waals surface area (Å²) in [4.78, 5) is 16.8. The zero-order valence-corrected chi connectivity index (χ0v) is 32.2. The fourth-order valence-electron chi connectivity index (χ4n) is 7.33. The van der Waals surface area contributed by atoms with Gasteiger partial charge in [0.2, 0.25) is 0 Å². The van der Waals surface area contributed by atoms with Gasteiger partial charge in [-0.05, 0) is 47.8 Å². The Bertz CT molecular complexity index is 2120. The molecular formula is C45H46IrNO3-. The van der Waals surface area contributed by atoms with Gasteiger partial charge in [0.25, 0.3) is 0 Å². The molecule has 0 amide bonds. The summed E-state index contributed by atoms with van der Waals surface area (Å²) in [7, 11) is 0. The van der Waals surface area contributed by atoms with Crippen LogP contribution in [-0.4, -0.2) is 15.9 Å². The van der Waals surface area contributed by atoms with E-state index >= 15 is 0 Å². The number of hydrogen-bond acceptors (Lipinski definition) is 4. The van der Waals surface area contributed by atoms with Crippen molar-refractivity contribution in [3.8, 4) is 33.5 Å². The number of aliphatic hydroxyl groups is 1. The SMILES string of the molecule is CC1(C)c2ccc[c-]c2-c2ncc(-c3ccccc3)c3oc4c(-c5ccccc5)ccc1c4c23.CCC(CC)C(=O)/C=C(\O)C(CC)CC.[Ir]. The molecule has 4 nitrogen and oxygen atoms in total. The van der Waals surface area contributed by atoms with Gasteiger partial charge in [0.15, 0.2) is 5.78 Å². The Hall–Kier alpha value is -4.31. The first kappa shape index (κ1) is 37.0. The van der Waals surface area contributed by atoms with Gasteiger partial charge in [0.1, 0.15) is 11.2 Å². The minimum Gasteiger partial charge on any atom is -0.512 e. The number of hydrogen-bond donors (Lipinski definition) is 1. The second-order valence-corrected chi connectivity index (χ2v) is 13.5. The second kappa shape index (κ2) is 15.7. The van der Waals surface area contributed by atoms with Crippen LogP contribution in [0.4, 0.5) is 0 Å². The Kier molecular flexibility index (Phi) is 11.6. The first-order valence-corrected chi connectivity index (χ1v) is 17.7. The largest absolute Gasteiger partial charge is 0.512 e. The Morgan fingerprint density at radius 2 is 1.34 bits per heavy atom. The van der Waals surface area contributed by atoms with Gasteiger partial charge in [0.05, 0.1) is 5.76 Å². The molecule has 50 heavy (non-hydrogen) atoms. The summed E-state index contributed by atoms with van der Waals surface area (Å²) in [6, 6.07) is 35.2. The van der Waals surface area contributed by atoms with E-state index in [0.29, 0.717) is 0 Å². The van der Waals surface area contributed by atoms with E-state index in [9.17, 15) is 9.90 Å². The van der Waals surface area contributed by atoms with Crippen molar-refractivity contribution in [1.82, 2.24) is 4.98 Å². The van der Waals surface area contributed by atoms with Crippen molar-refractivity contribution >= 4 is 27.7 Å². The molecule has 4 aromatic carbocycles. The molecule has 1 radical (unpaired) electrons. The number of pyridine rings is 1. The molecule has 0 unspecified atom stereocenters. The van der Waals surface area contributed by atoms with Crippen LogP contribution < -0.4 is 0 Å². The van der Waals surface area contributed by atoms with Crippen molar-refractivity contribution in [2.24, 2.45) is 11.8 Å². The number of aromatic nitrogens is 1. The average Bonchev–Trinajstić information content (AvgIpc) is 3.50. The van der Waals surface area contributed by atoms with Gasteiger partial charge >= 0.3 is 0 Å². The molecule has 0 saturated heterocycles. The molecule has 2 heterocycles. The van der Waals surface area contributed by atoms with Crippen LogP contribution in [0.5, 0.6) is 0 Å². The van der Waals surface area contributed by atoms with Crippen molar-refractivity contribution in [1.29, 1.82) is 0 Å². The summed E-state index contributed by atoms with van der Waals surface area (Å²) >= 11 is 0. The standard InChI is InChI=1S/C32H22NO.C13H24O2.Ir/c1-32(2)25-16-10-9-15-23(25)29-28-27-26(32)18-17-22(20-11-5-3-6-12-20)30(27)34-31(28)24(19-33-29)21-13-7-4-8-14-21;1-5-10(6-2)12(14)9-13(15)11(7-3)8-4;/h3-14,16-19H,1-2H3;9-11,14H,5-8H2,1-4H3;/q-1;;/b;12-9-;. The topological polar surface area (TPSA) is 63.3 Å². The van der Waals surface area contributed by atoms with Gasteiger partial charge in [-0.1, -0.05) is 114 Å². The van der Waals surface area contributed by atoms with Gasteiger partial charge < -0.3 is 14.5 Å². The Labute approximate surface area is 310 Å². The molecule has 5 heteroatoms. The number of nitrogens with zero attached hydrogens (tertiary/aromatic N) is 1. The fourth-order valence-corrected chi connectivity index (χ4v) is 7.33. The maximum Gasteiger partial charge on any atom is 0.162 e. The Balaban J connectivity index is 0.000000261. The van der Waals surface area contributed by atoms with E-state index in [2.05, 4.69) is 92.7 Å². The molecular weight excluding hydrogens is 795 g/mol. The van der Waals surface area contributed by atoms with Crippen molar-refractivity contribution < 1.29 is 34.4 Å². The van der Waals surface area contributed by atoms with E-state index in [0.717, 1.165) is 81.1 Å². The zero-order chi connectivity index (χ0) is 34.7. The van der Waals surface area contributed by atoms with Crippen LogP contribution in [-0.2, 0) is 30.3 Å². The molecule has 1 N–H and O–H groups in total. The second-order valence-electron chi connectivity index (χ2n) is 13.5. The van der Waals surface area contributed by atoms with E-state index in [1.54, 1.807) is 0 Å². The molecule has 0 aliphatic heterocycles. The summed E-state index contributed by atoms with van der Waals surface area (Å²) in [5.41, 5.74) is 10.4. The molecule has 2 aromatic heterocycles. The number of allylic oxidation sites excluding steroid dienone is 2. The third-order valence-electron chi connectivity index (χ3n) is 10.3. The van der Waals surface area contributed by atoms with E-state index in [4.69, 9.17) is 9.40 Å². The smallest absolute Gasteiger partial charge is 0.162 e. The van der Waals surface area contributed by atoms with Crippen LogP contribution in [0.1, 0.15) is 78.4 Å². The zero-order valence-electron chi connectivity index (χ0n) is 29.8. The van der Waals surface area contributed by atoms with Crippen molar-refractivity contribution in [3.05, 3.63) is 126 Å².